The third kappa shape index (κ3) is 7.39. The highest BCUT2D eigenvalue weighted by Gasteiger charge is 2.19. The van der Waals surface area contributed by atoms with Crippen LogP contribution in [0.25, 0.3) is 22.1 Å². The first-order valence-corrected chi connectivity index (χ1v) is 13.5. The summed E-state index contributed by atoms with van der Waals surface area (Å²) in [6.07, 6.45) is 5.01. The van der Waals surface area contributed by atoms with Gasteiger partial charge in [-0.3, -0.25) is 9.69 Å². The minimum absolute atomic E-state index is 0.121. The molecule has 0 radical (unpaired) electrons. The molecular weight excluding hydrogens is 497 g/mol. The van der Waals surface area contributed by atoms with E-state index in [2.05, 4.69) is 15.1 Å². The molecule has 0 unspecified atom stereocenters. The molecule has 2 aromatic carbocycles. The molecule has 0 aliphatic carbocycles. The molecule has 0 saturated carbocycles. The summed E-state index contributed by atoms with van der Waals surface area (Å²) in [5.41, 5.74) is 2.61. The third-order valence-electron chi connectivity index (χ3n) is 6.44. The number of carbonyl (C=O) groups excluding carboxylic acids is 1. The van der Waals surface area contributed by atoms with Gasteiger partial charge in [-0.1, -0.05) is 29.3 Å². The zero-order valence-corrected chi connectivity index (χ0v) is 22.6. The Balaban J connectivity index is 1.14. The normalized spacial score (nSPS) is 15.0. The van der Waals surface area contributed by atoms with Gasteiger partial charge in [0.05, 0.1) is 24.4 Å². The first kappa shape index (κ1) is 26.8. The molecule has 36 heavy (non-hydrogen) atoms. The Kier molecular flexibility index (Phi) is 9.54. The van der Waals surface area contributed by atoms with Gasteiger partial charge in [0.15, 0.2) is 0 Å². The van der Waals surface area contributed by atoms with Crippen LogP contribution in [0.2, 0.25) is 10.0 Å². The zero-order chi connectivity index (χ0) is 25.5. The van der Waals surface area contributed by atoms with Gasteiger partial charge >= 0.3 is 0 Å². The van der Waals surface area contributed by atoms with Crippen LogP contribution in [0.5, 0.6) is 5.75 Å². The van der Waals surface area contributed by atoms with Crippen LogP contribution < -0.4 is 10.1 Å². The van der Waals surface area contributed by atoms with Gasteiger partial charge in [-0.2, -0.15) is 0 Å². The first-order chi connectivity index (χ1) is 17.4. The summed E-state index contributed by atoms with van der Waals surface area (Å²) >= 11 is 12.4. The second-order valence-corrected chi connectivity index (χ2v) is 10.5. The fourth-order valence-corrected chi connectivity index (χ4v) is 5.07. The van der Waals surface area contributed by atoms with Crippen molar-refractivity contribution in [2.75, 3.05) is 45.9 Å². The van der Waals surface area contributed by atoms with Crippen molar-refractivity contribution in [3.63, 3.8) is 0 Å². The average molecular weight is 533 g/mol. The number of rotatable bonds is 11. The van der Waals surface area contributed by atoms with Gasteiger partial charge in [0, 0.05) is 59.8 Å². The van der Waals surface area contributed by atoms with Gasteiger partial charge in [0.1, 0.15) is 11.3 Å². The molecule has 8 heteroatoms. The number of halogens is 2. The van der Waals surface area contributed by atoms with E-state index < -0.39 is 0 Å². The summed E-state index contributed by atoms with van der Waals surface area (Å²) in [5, 5.41) is 5.17. The molecule has 0 spiro atoms. The Morgan fingerprint density at radius 3 is 2.53 bits per heavy atom. The van der Waals surface area contributed by atoms with Crippen LogP contribution >= 0.6 is 23.2 Å². The van der Waals surface area contributed by atoms with E-state index in [-0.39, 0.29) is 11.9 Å². The maximum Gasteiger partial charge on any atom is 0.234 e. The fourth-order valence-electron chi connectivity index (χ4n) is 4.56. The molecule has 1 N–H and O–H groups in total. The standard InChI is InChI=1S/C28H35Cl2N3O3/c1-20(2)31-28(34)18-33-13-11-32(12-14-33)10-4-3-5-15-35-22-7-9-24-25(19-36-27(24)17-22)23-8-6-21(29)16-26(23)30/h6-9,16-17,19-20H,3-5,10-15,18H2,1-2H3,(H,31,34). The van der Waals surface area contributed by atoms with Crippen LogP contribution in [0.15, 0.2) is 47.1 Å². The highest BCUT2D eigenvalue weighted by molar-refractivity contribution is 6.36. The minimum Gasteiger partial charge on any atom is -0.493 e. The molecule has 0 bridgehead atoms. The Bertz CT molecular complexity index is 1160. The van der Waals surface area contributed by atoms with Crippen molar-refractivity contribution in [3.8, 4) is 16.9 Å². The van der Waals surface area contributed by atoms with E-state index in [1.165, 1.54) is 0 Å². The van der Waals surface area contributed by atoms with Gasteiger partial charge in [-0.05, 0) is 63.9 Å². The number of benzene rings is 2. The molecule has 0 atom stereocenters. The molecule has 1 saturated heterocycles. The fraction of sp³-hybridized carbons (Fsp3) is 0.464. The topological polar surface area (TPSA) is 58.0 Å². The lowest BCUT2D eigenvalue weighted by molar-refractivity contribution is -0.123. The molecule has 2 heterocycles. The molecule has 3 aromatic rings. The van der Waals surface area contributed by atoms with Crippen molar-refractivity contribution in [1.82, 2.24) is 15.1 Å². The lowest BCUT2D eigenvalue weighted by atomic mass is 10.0. The highest BCUT2D eigenvalue weighted by Crippen LogP contribution is 2.37. The van der Waals surface area contributed by atoms with Gasteiger partial charge in [-0.25, -0.2) is 0 Å². The van der Waals surface area contributed by atoms with Gasteiger partial charge in [0.25, 0.3) is 0 Å². The molecular formula is C28H35Cl2N3O3. The summed E-state index contributed by atoms with van der Waals surface area (Å²) in [6, 6.07) is 11.6. The second-order valence-electron chi connectivity index (χ2n) is 9.68. The van der Waals surface area contributed by atoms with Crippen LogP contribution in [0.1, 0.15) is 33.1 Å². The molecule has 1 aliphatic rings. The van der Waals surface area contributed by atoms with Crippen LogP contribution in [0.4, 0.5) is 0 Å². The summed E-state index contributed by atoms with van der Waals surface area (Å²) in [5.74, 6) is 0.930. The van der Waals surface area contributed by atoms with Gasteiger partial charge in [0.2, 0.25) is 5.91 Å². The van der Waals surface area contributed by atoms with E-state index in [4.69, 9.17) is 32.4 Å². The lowest BCUT2D eigenvalue weighted by Crippen LogP contribution is -2.50. The number of nitrogens with zero attached hydrogens (tertiary/aromatic N) is 2. The number of carbonyl (C=O) groups is 1. The average Bonchev–Trinajstić information content (AvgIpc) is 3.25. The number of hydrogen-bond donors (Lipinski definition) is 1. The van der Waals surface area contributed by atoms with E-state index in [0.29, 0.717) is 23.2 Å². The summed E-state index contributed by atoms with van der Waals surface area (Å²) < 4.78 is 11.8. The molecule has 1 aromatic heterocycles. The Hall–Kier alpha value is -2.25. The number of hydrogen-bond acceptors (Lipinski definition) is 5. The molecule has 1 amide bonds. The third-order valence-corrected chi connectivity index (χ3v) is 6.99. The van der Waals surface area contributed by atoms with Crippen molar-refractivity contribution in [2.24, 2.45) is 0 Å². The Morgan fingerprint density at radius 2 is 1.78 bits per heavy atom. The van der Waals surface area contributed by atoms with E-state index in [1.54, 1.807) is 12.3 Å². The van der Waals surface area contributed by atoms with Crippen LogP contribution in [-0.2, 0) is 4.79 Å². The van der Waals surface area contributed by atoms with Crippen molar-refractivity contribution in [3.05, 3.63) is 52.7 Å². The first-order valence-electron chi connectivity index (χ1n) is 12.7. The number of furan rings is 1. The summed E-state index contributed by atoms with van der Waals surface area (Å²) in [7, 11) is 0. The molecule has 6 nitrogen and oxygen atoms in total. The number of piperazine rings is 1. The number of fused-ring (bicyclic) bond motifs is 1. The van der Waals surface area contributed by atoms with Crippen LogP contribution in [0, 0.1) is 0 Å². The lowest BCUT2D eigenvalue weighted by Gasteiger charge is -2.34. The largest absolute Gasteiger partial charge is 0.493 e. The predicted molar refractivity (Wildman–Crippen MR) is 147 cm³/mol. The Labute approximate surface area is 223 Å². The smallest absolute Gasteiger partial charge is 0.234 e. The van der Waals surface area contributed by atoms with E-state index in [0.717, 1.165) is 79.8 Å². The monoisotopic (exact) mass is 531 g/mol. The molecule has 4 rings (SSSR count). The van der Waals surface area contributed by atoms with Gasteiger partial charge in [-0.15, -0.1) is 0 Å². The van der Waals surface area contributed by atoms with Crippen LogP contribution in [-0.4, -0.2) is 67.6 Å². The number of unbranched alkanes of at least 4 members (excludes halogenated alkanes) is 2. The molecule has 1 fully saturated rings. The minimum atomic E-state index is 0.121. The van der Waals surface area contributed by atoms with Crippen LogP contribution in [0.3, 0.4) is 0 Å². The van der Waals surface area contributed by atoms with E-state index in [1.807, 2.05) is 44.2 Å². The van der Waals surface area contributed by atoms with Crippen molar-refractivity contribution >= 4 is 40.1 Å². The zero-order valence-electron chi connectivity index (χ0n) is 21.1. The predicted octanol–water partition coefficient (Wildman–Crippen LogP) is 6.10. The van der Waals surface area contributed by atoms with E-state index in [9.17, 15) is 4.79 Å². The second kappa shape index (κ2) is 12.8. The summed E-state index contributed by atoms with van der Waals surface area (Å²) in [6.45, 7) is 10.2. The number of ether oxygens (including phenoxy) is 1. The maximum absolute atomic E-state index is 11.9. The Morgan fingerprint density at radius 1 is 1.00 bits per heavy atom. The van der Waals surface area contributed by atoms with Gasteiger partial charge < -0.3 is 19.4 Å². The number of nitrogens with one attached hydrogen (secondary N) is 1. The quantitative estimate of drug-likeness (QED) is 0.303. The summed E-state index contributed by atoms with van der Waals surface area (Å²) in [4.78, 5) is 16.7. The SMILES string of the molecule is CC(C)NC(=O)CN1CCN(CCCCCOc2ccc3c(-c4ccc(Cl)cc4Cl)coc3c2)CC1. The molecule has 1 aliphatic heterocycles. The number of amides is 1. The van der Waals surface area contributed by atoms with E-state index >= 15 is 0 Å². The molecule has 194 valence electrons. The van der Waals surface area contributed by atoms with Crippen molar-refractivity contribution in [1.29, 1.82) is 0 Å². The maximum atomic E-state index is 11.9. The van der Waals surface area contributed by atoms with Crippen molar-refractivity contribution in [2.45, 2.75) is 39.2 Å². The highest BCUT2D eigenvalue weighted by atomic mass is 35.5. The van der Waals surface area contributed by atoms with Crippen molar-refractivity contribution < 1.29 is 13.9 Å².